The number of hydrogen-bond donors (Lipinski definition) is 3. The van der Waals surface area contributed by atoms with Gasteiger partial charge >= 0.3 is 0 Å². The molecule has 3 N–H and O–H groups in total. The Morgan fingerprint density at radius 2 is 2.00 bits per heavy atom. The Kier molecular flexibility index (Phi) is 5.41. The zero-order valence-corrected chi connectivity index (χ0v) is 20.6. The van der Waals surface area contributed by atoms with Gasteiger partial charge in [0, 0.05) is 48.1 Å². The summed E-state index contributed by atoms with van der Waals surface area (Å²) in [5.41, 5.74) is 0.528. The molecule has 1 atom stereocenters. The van der Waals surface area contributed by atoms with E-state index in [-0.39, 0.29) is 45.9 Å². The molecule has 0 bridgehead atoms. The van der Waals surface area contributed by atoms with Crippen LogP contribution in [0.5, 0.6) is 0 Å². The fourth-order valence-electron chi connectivity index (χ4n) is 3.82. The number of carbonyl (C=O) groups excluding carboxylic acids is 2. The summed E-state index contributed by atoms with van der Waals surface area (Å²) in [6.45, 7) is 7.80. The van der Waals surface area contributed by atoms with E-state index in [4.69, 9.17) is 4.11 Å². The van der Waals surface area contributed by atoms with Crippen LogP contribution in [0.25, 0.3) is 11.0 Å². The van der Waals surface area contributed by atoms with Crippen LogP contribution in [0.4, 0.5) is 17.2 Å². The van der Waals surface area contributed by atoms with Crippen LogP contribution in [0.1, 0.15) is 68.0 Å². The van der Waals surface area contributed by atoms with Crippen molar-refractivity contribution in [3.05, 3.63) is 40.7 Å². The van der Waals surface area contributed by atoms with Crippen LogP contribution >= 0.6 is 0 Å². The maximum absolute atomic E-state index is 13.7. The molecular formula is C25H33N7O3. The first-order valence-electron chi connectivity index (χ1n) is 13.2. The SMILES string of the molecule is [2H]C([2H])([2H])NC(=O)c1cnc(NC(=O)C2CC2)cc1Nc1cn(CC)c2ncn([C@@H](C)C(C)(C)C)c(=O)c12. The highest BCUT2D eigenvalue weighted by Gasteiger charge is 2.30. The fraction of sp³-hybridized carbons (Fsp3) is 0.480. The van der Waals surface area contributed by atoms with Gasteiger partial charge in [0.05, 0.1) is 16.9 Å². The number of rotatable bonds is 7. The van der Waals surface area contributed by atoms with Crippen molar-refractivity contribution in [3.63, 3.8) is 0 Å². The number of pyridine rings is 1. The normalized spacial score (nSPS) is 16.2. The molecule has 10 heteroatoms. The molecule has 3 aromatic heterocycles. The highest BCUT2D eigenvalue weighted by molar-refractivity contribution is 6.03. The van der Waals surface area contributed by atoms with Crippen molar-refractivity contribution in [3.8, 4) is 0 Å². The maximum atomic E-state index is 13.7. The van der Waals surface area contributed by atoms with Gasteiger partial charge in [0.15, 0.2) is 0 Å². The third kappa shape index (κ3) is 4.78. The first-order chi connectivity index (χ1) is 17.7. The molecule has 1 aliphatic carbocycles. The summed E-state index contributed by atoms with van der Waals surface area (Å²) in [5, 5.41) is 8.16. The molecule has 0 aromatic carbocycles. The molecule has 0 spiro atoms. The predicted molar refractivity (Wildman–Crippen MR) is 136 cm³/mol. The minimum absolute atomic E-state index is 0.0600. The van der Waals surface area contributed by atoms with Crippen molar-refractivity contribution < 1.29 is 13.7 Å². The highest BCUT2D eigenvalue weighted by atomic mass is 16.2. The summed E-state index contributed by atoms with van der Waals surface area (Å²) in [5.74, 6) is -0.917. The van der Waals surface area contributed by atoms with Crippen LogP contribution in [0.15, 0.2) is 29.6 Å². The summed E-state index contributed by atoms with van der Waals surface area (Å²) in [6, 6.07) is 1.30. The number of fused-ring (bicyclic) bond motifs is 1. The van der Waals surface area contributed by atoms with E-state index in [1.807, 2.05) is 44.5 Å². The van der Waals surface area contributed by atoms with Gasteiger partial charge in [-0.05, 0) is 32.1 Å². The molecule has 2 amide bonds. The van der Waals surface area contributed by atoms with Crippen LogP contribution in [0.3, 0.4) is 0 Å². The van der Waals surface area contributed by atoms with Gasteiger partial charge in [-0.2, -0.15) is 0 Å². The number of anilines is 3. The molecule has 35 heavy (non-hydrogen) atoms. The Bertz CT molecular complexity index is 1450. The first kappa shape index (κ1) is 20.7. The van der Waals surface area contributed by atoms with E-state index in [9.17, 15) is 14.4 Å². The number of nitrogens with one attached hydrogen (secondary N) is 3. The van der Waals surface area contributed by atoms with Gasteiger partial charge in [0.1, 0.15) is 23.2 Å². The van der Waals surface area contributed by atoms with Gasteiger partial charge in [-0.15, -0.1) is 0 Å². The largest absolute Gasteiger partial charge is 0.355 e. The van der Waals surface area contributed by atoms with E-state index in [0.717, 1.165) is 12.8 Å². The molecule has 4 rings (SSSR count). The quantitative estimate of drug-likeness (QED) is 0.472. The van der Waals surface area contributed by atoms with E-state index >= 15 is 0 Å². The number of aryl methyl sites for hydroxylation is 1. The topological polar surface area (TPSA) is 123 Å². The minimum Gasteiger partial charge on any atom is -0.355 e. The van der Waals surface area contributed by atoms with Crippen molar-refractivity contribution in [2.24, 2.45) is 11.3 Å². The van der Waals surface area contributed by atoms with Gasteiger partial charge < -0.3 is 20.5 Å². The molecule has 1 saturated carbocycles. The average Bonchev–Trinajstić information content (AvgIpc) is 3.60. The lowest BCUT2D eigenvalue weighted by atomic mass is 9.88. The third-order valence-corrected chi connectivity index (χ3v) is 6.54. The Balaban J connectivity index is 1.83. The molecule has 1 fully saturated rings. The van der Waals surface area contributed by atoms with Gasteiger partial charge in [0.25, 0.3) is 11.5 Å². The molecule has 0 saturated heterocycles. The first-order valence-corrected chi connectivity index (χ1v) is 11.7. The fourth-order valence-corrected chi connectivity index (χ4v) is 3.82. The molecule has 1 aliphatic rings. The molecule has 10 nitrogen and oxygen atoms in total. The van der Waals surface area contributed by atoms with Crippen LogP contribution < -0.4 is 21.5 Å². The summed E-state index contributed by atoms with van der Waals surface area (Å²) in [7, 11) is 0. The lowest BCUT2D eigenvalue weighted by molar-refractivity contribution is -0.117. The zero-order valence-electron chi connectivity index (χ0n) is 23.6. The lowest BCUT2D eigenvalue weighted by Crippen LogP contribution is -2.31. The van der Waals surface area contributed by atoms with Crippen molar-refractivity contribution in [1.29, 1.82) is 0 Å². The summed E-state index contributed by atoms with van der Waals surface area (Å²) < 4.78 is 25.7. The number of carbonyl (C=O) groups is 2. The molecule has 0 aliphatic heterocycles. The van der Waals surface area contributed by atoms with Crippen LogP contribution in [0, 0.1) is 11.3 Å². The Morgan fingerprint density at radius 1 is 1.26 bits per heavy atom. The maximum Gasteiger partial charge on any atom is 0.265 e. The van der Waals surface area contributed by atoms with E-state index in [0.29, 0.717) is 23.3 Å². The van der Waals surface area contributed by atoms with Gasteiger partial charge in [-0.3, -0.25) is 19.0 Å². The van der Waals surface area contributed by atoms with E-state index in [1.54, 1.807) is 17.1 Å². The van der Waals surface area contributed by atoms with E-state index in [2.05, 4.69) is 20.6 Å². The predicted octanol–water partition coefficient (Wildman–Crippen LogP) is 3.67. The number of amides is 2. The van der Waals surface area contributed by atoms with Crippen LogP contribution in [-0.4, -0.2) is 37.9 Å². The minimum atomic E-state index is -2.72. The molecule has 0 unspecified atom stereocenters. The smallest absolute Gasteiger partial charge is 0.265 e. The van der Waals surface area contributed by atoms with E-state index < -0.39 is 12.9 Å². The molecule has 186 valence electrons. The van der Waals surface area contributed by atoms with Crippen molar-refractivity contribution in [2.45, 2.75) is 60.0 Å². The number of hydrogen-bond acceptors (Lipinski definition) is 6. The Hall–Kier alpha value is -3.69. The summed E-state index contributed by atoms with van der Waals surface area (Å²) in [6.07, 6.45) is 6.07. The second-order valence-electron chi connectivity index (χ2n) is 9.98. The standard InChI is InChI=1S/C25H33N7O3/c1-7-31-12-18(20-21(31)28-13-32(24(20)35)14(2)25(3,4)5)29-17-10-19(30-22(33)15-8-9-15)27-11-16(17)23(34)26-6/h10-15H,7-9H2,1-6H3,(H,26,34)(H2,27,29,30,33)/t14-/m0/s1/i6D3. The summed E-state index contributed by atoms with van der Waals surface area (Å²) in [4.78, 5) is 47.6. The molecule has 0 radical (unpaired) electrons. The monoisotopic (exact) mass is 482 g/mol. The summed E-state index contributed by atoms with van der Waals surface area (Å²) >= 11 is 0. The molecule has 3 aromatic rings. The lowest BCUT2D eigenvalue weighted by Gasteiger charge is -2.28. The van der Waals surface area contributed by atoms with Crippen molar-refractivity contribution >= 4 is 40.0 Å². The van der Waals surface area contributed by atoms with Crippen molar-refractivity contribution in [1.82, 2.24) is 24.4 Å². The van der Waals surface area contributed by atoms with Gasteiger partial charge in [0.2, 0.25) is 5.91 Å². The van der Waals surface area contributed by atoms with Gasteiger partial charge in [-0.25, -0.2) is 9.97 Å². The van der Waals surface area contributed by atoms with Crippen LogP contribution in [-0.2, 0) is 11.3 Å². The second-order valence-corrected chi connectivity index (χ2v) is 9.98. The second kappa shape index (κ2) is 9.16. The average molecular weight is 483 g/mol. The molecule has 3 heterocycles. The Labute approximate surface area is 208 Å². The van der Waals surface area contributed by atoms with Crippen molar-refractivity contribution in [2.75, 3.05) is 17.6 Å². The number of aromatic nitrogens is 4. The van der Waals surface area contributed by atoms with Gasteiger partial charge in [-0.1, -0.05) is 20.8 Å². The van der Waals surface area contributed by atoms with E-state index in [1.165, 1.54) is 12.3 Å². The number of nitrogens with zero attached hydrogens (tertiary/aromatic N) is 4. The zero-order chi connectivity index (χ0) is 28.0. The highest BCUT2D eigenvalue weighted by Crippen LogP contribution is 2.33. The van der Waals surface area contributed by atoms with Crippen LogP contribution in [0.2, 0.25) is 0 Å². The third-order valence-electron chi connectivity index (χ3n) is 6.54. The molecular weight excluding hydrogens is 446 g/mol. The Morgan fingerprint density at radius 3 is 2.63 bits per heavy atom.